The summed E-state index contributed by atoms with van der Waals surface area (Å²) in [4.78, 5) is 23.8. The highest BCUT2D eigenvalue weighted by atomic mass is 16.2. The van der Waals surface area contributed by atoms with E-state index in [4.69, 9.17) is 17.2 Å². The Bertz CT molecular complexity index is 215. The van der Waals surface area contributed by atoms with Crippen LogP contribution in [0.2, 0.25) is 0 Å². The third-order valence-corrected chi connectivity index (χ3v) is 2.21. The molecule has 0 aromatic rings. The van der Waals surface area contributed by atoms with Crippen molar-refractivity contribution < 1.29 is 9.59 Å². The van der Waals surface area contributed by atoms with E-state index in [9.17, 15) is 9.59 Å². The second kappa shape index (κ2) is 9.11. The fourth-order valence-corrected chi connectivity index (χ4v) is 1.41. The van der Waals surface area contributed by atoms with Crippen molar-refractivity contribution in [2.45, 2.75) is 25.7 Å². The van der Waals surface area contributed by atoms with Gasteiger partial charge in [-0.2, -0.15) is 0 Å². The van der Waals surface area contributed by atoms with Gasteiger partial charge >= 0.3 is 0 Å². The first kappa shape index (κ1) is 14.9. The van der Waals surface area contributed by atoms with Crippen LogP contribution in [-0.4, -0.2) is 42.9 Å². The molecule has 0 aromatic carbocycles. The second-order valence-corrected chi connectivity index (χ2v) is 3.63. The van der Waals surface area contributed by atoms with Gasteiger partial charge in [0.05, 0.1) is 0 Å². The maximum atomic E-state index is 11.7. The minimum Gasteiger partial charge on any atom is -0.370 e. The Balaban J connectivity index is 3.77. The van der Waals surface area contributed by atoms with E-state index in [0.29, 0.717) is 51.9 Å². The normalized spacial score (nSPS) is 10.1. The molecule has 0 radical (unpaired) electrons. The van der Waals surface area contributed by atoms with Crippen LogP contribution in [0, 0.1) is 0 Å². The van der Waals surface area contributed by atoms with Gasteiger partial charge in [0.2, 0.25) is 11.8 Å². The summed E-state index contributed by atoms with van der Waals surface area (Å²) >= 11 is 0. The van der Waals surface area contributed by atoms with Crippen molar-refractivity contribution >= 4 is 11.8 Å². The van der Waals surface area contributed by atoms with E-state index in [1.54, 1.807) is 4.90 Å². The minimum atomic E-state index is -0.326. The van der Waals surface area contributed by atoms with Crippen LogP contribution in [-0.2, 0) is 9.59 Å². The molecule has 0 saturated heterocycles. The number of rotatable bonds is 9. The van der Waals surface area contributed by atoms with E-state index in [2.05, 4.69) is 0 Å². The van der Waals surface area contributed by atoms with Crippen LogP contribution >= 0.6 is 0 Å². The number of hydrogen-bond acceptors (Lipinski definition) is 4. The van der Waals surface area contributed by atoms with Crippen LogP contribution in [0.3, 0.4) is 0 Å². The fourth-order valence-electron chi connectivity index (χ4n) is 1.41. The van der Waals surface area contributed by atoms with Crippen molar-refractivity contribution in [3.63, 3.8) is 0 Å². The highest BCUT2D eigenvalue weighted by molar-refractivity contribution is 5.76. The summed E-state index contributed by atoms with van der Waals surface area (Å²) in [5.41, 5.74) is 15.8. The quantitative estimate of drug-likeness (QED) is 0.430. The number of primary amides is 1. The summed E-state index contributed by atoms with van der Waals surface area (Å²) in [7, 11) is 0. The van der Waals surface area contributed by atoms with Crippen molar-refractivity contribution in [3.8, 4) is 0 Å². The Morgan fingerprint density at radius 3 is 1.88 bits per heavy atom. The predicted molar refractivity (Wildman–Crippen MR) is 62.4 cm³/mol. The Kier molecular flexibility index (Phi) is 8.46. The first-order chi connectivity index (χ1) is 7.61. The molecule has 0 aliphatic carbocycles. The fraction of sp³-hybridized carbons (Fsp3) is 0.800. The van der Waals surface area contributed by atoms with Crippen LogP contribution < -0.4 is 17.2 Å². The number of amides is 2. The topological polar surface area (TPSA) is 115 Å². The van der Waals surface area contributed by atoms with Crippen LogP contribution in [0.4, 0.5) is 0 Å². The van der Waals surface area contributed by atoms with Gasteiger partial charge in [-0.05, 0) is 12.8 Å². The lowest BCUT2D eigenvalue weighted by Gasteiger charge is -2.21. The molecule has 0 atom stereocenters. The number of nitrogens with two attached hydrogens (primary N) is 3. The molecule has 16 heavy (non-hydrogen) atoms. The van der Waals surface area contributed by atoms with Gasteiger partial charge in [-0.25, -0.2) is 0 Å². The van der Waals surface area contributed by atoms with Crippen molar-refractivity contribution in [2.75, 3.05) is 26.2 Å². The van der Waals surface area contributed by atoms with Crippen molar-refractivity contribution in [1.82, 2.24) is 4.90 Å². The second-order valence-electron chi connectivity index (χ2n) is 3.63. The molecule has 0 aromatic heterocycles. The maximum absolute atomic E-state index is 11.7. The molecule has 0 heterocycles. The minimum absolute atomic E-state index is 0.0420. The third kappa shape index (κ3) is 7.19. The van der Waals surface area contributed by atoms with Gasteiger partial charge < -0.3 is 22.1 Å². The molecular formula is C10H22N4O2. The number of hydrogen-bond donors (Lipinski definition) is 3. The molecule has 0 saturated carbocycles. The largest absolute Gasteiger partial charge is 0.370 e. The summed E-state index contributed by atoms with van der Waals surface area (Å²) in [5.74, 6) is -0.284. The monoisotopic (exact) mass is 230 g/mol. The summed E-state index contributed by atoms with van der Waals surface area (Å²) in [6.07, 6.45) is 2.09. The number of unbranched alkanes of at least 4 members (excludes halogenated alkanes) is 1. The van der Waals surface area contributed by atoms with E-state index >= 15 is 0 Å². The molecule has 2 amide bonds. The highest BCUT2D eigenvalue weighted by Crippen LogP contribution is 2.02. The average molecular weight is 230 g/mol. The zero-order valence-corrected chi connectivity index (χ0v) is 9.65. The van der Waals surface area contributed by atoms with Crippen LogP contribution in [0.25, 0.3) is 0 Å². The summed E-state index contributed by atoms with van der Waals surface area (Å²) in [6, 6.07) is 0. The van der Waals surface area contributed by atoms with E-state index in [1.165, 1.54) is 0 Å². The summed E-state index contributed by atoms with van der Waals surface area (Å²) in [6.45, 7) is 1.94. The number of carbonyl (C=O) groups excluding carboxylic acids is 2. The lowest BCUT2D eigenvalue weighted by molar-refractivity contribution is -0.131. The Morgan fingerprint density at radius 1 is 0.938 bits per heavy atom. The Morgan fingerprint density at radius 2 is 1.44 bits per heavy atom. The predicted octanol–water partition coefficient (Wildman–Crippen LogP) is -1.22. The Labute approximate surface area is 96.1 Å². The molecule has 0 rings (SSSR count). The SMILES string of the molecule is NCCN(CCN)C(=O)CCCCC(N)=O. The maximum Gasteiger partial charge on any atom is 0.222 e. The van der Waals surface area contributed by atoms with Crippen LogP contribution in [0.5, 0.6) is 0 Å². The zero-order valence-electron chi connectivity index (χ0n) is 9.65. The van der Waals surface area contributed by atoms with Gasteiger partial charge in [0.25, 0.3) is 0 Å². The molecule has 6 heteroatoms. The summed E-state index contributed by atoms with van der Waals surface area (Å²) in [5, 5.41) is 0. The van der Waals surface area contributed by atoms with Gasteiger partial charge in [-0.15, -0.1) is 0 Å². The van der Waals surface area contributed by atoms with Gasteiger partial charge in [-0.3, -0.25) is 9.59 Å². The molecule has 6 nitrogen and oxygen atoms in total. The van der Waals surface area contributed by atoms with Gasteiger partial charge in [-0.1, -0.05) is 0 Å². The summed E-state index contributed by atoms with van der Waals surface area (Å²) < 4.78 is 0. The van der Waals surface area contributed by atoms with Gasteiger partial charge in [0, 0.05) is 39.0 Å². The molecule has 0 unspecified atom stereocenters. The number of carbonyl (C=O) groups is 2. The van der Waals surface area contributed by atoms with E-state index < -0.39 is 0 Å². The van der Waals surface area contributed by atoms with E-state index in [-0.39, 0.29) is 11.8 Å². The van der Waals surface area contributed by atoms with E-state index in [0.717, 1.165) is 0 Å². The smallest absolute Gasteiger partial charge is 0.222 e. The van der Waals surface area contributed by atoms with Crippen molar-refractivity contribution in [1.29, 1.82) is 0 Å². The number of nitrogens with zero attached hydrogens (tertiary/aromatic N) is 1. The van der Waals surface area contributed by atoms with Crippen molar-refractivity contribution in [2.24, 2.45) is 17.2 Å². The molecule has 0 aliphatic heterocycles. The molecule has 6 N–H and O–H groups in total. The molecule has 94 valence electrons. The first-order valence-electron chi connectivity index (χ1n) is 5.58. The molecule has 0 fully saturated rings. The Hall–Kier alpha value is -1.14. The average Bonchev–Trinajstić information content (AvgIpc) is 2.23. The lowest BCUT2D eigenvalue weighted by atomic mass is 10.1. The molecule has 0 spiro atoms. The van der Waals surface area contributed by atoms with Crippen LogP contribution in [0.15, 0.2) is 0 Å². The van der Waals surface area contributed by atoms with E-state index in [1.807, 2.05) is 0 Å². The lowest BCUT2D eigenvalue weighted by Crippen LogP contribution is -2.38. The van der Waals surface area contributed by atoms with Gasteiger partial charge in [0.15, 0.2) is 0 Å². The van der Waals surface area contributed by atoms with Gasteiger partial charge in [0.1, 0.15) is 0 Å². The third-order valence-electron chi connectivity index (χ3n) is 2.21. The molecular weight excluding hydrogens is 208 g/mol. The molecule has 0 bridgehead atoms. The van der Waals surface area contributed by atoms with Crippen molar-refractivity contribution in [3.05, 3.63) is 0 Å². The first-order valence-corrected chi connectivity index (χ1v) is 5.58. The highest BCUT2D eigenvalue weighted by Gasteiger charge is 2.11. The zero-order chi connectivity index (χ0) is 12.4. The van der Waals surface area contributed by atoms with Crippen LogP contribution in [0.1, 0.15) is 25.7 Å². The standard InChI is InChI=1S/C10H22N4O2/c11-5-7-14(8-6-12)10(16)4-2-1-3-9(13)15/h1-8,11-12H2,(H2,13,15). The molecule has 0 aliphatic rings.